The molecule has 1 saturated heterocycles. The first-order valence-electron chi connectivity index (χ1n) is 8.60. The first-order valence-corrected chi connectivity index (χ1v) is 8.60. The summed E-state index contributed by atoms with van der Waals surface area (Å²) in [6.45, 7) is 8.68. The van der Waals surface area contributed by atoms with Gasteiger partial charge < -0.3 is 14.7 Å². The summed E-state index contributed by atoms with van der Waals surface area (Å²) < 4.78 is 5.39. The molecule has 6 nitrogen and oxygen atoms in total. The monoisotopic (exact) mass is 348 g/mol. The highest BCUT2D eigenvalue weighted by atomic mass is 16.5. The third kappa shape index (κ3) is 4.72. The van der Waals surface area contributed by atoms with Crippen molar-refractivity contribution in [1.82, 2.24) is 9.80 Å². The number of para-hydroxylation sites is 1. The van der Waals surface area contributed by atoms with Gasteiger partial charge in [-0.15, -0.1) is 0 Å². The lowest BCUT2D eigenvalue weighted by atomic mass is 9.79. The number of carbonyl (C=O) groups excluding carboxylic acids is 1. The van der Waals surface area contributed by atoms with Gasteiger partial charge in [0.2, 0.25) is 5.91 Å². The van der Waals surface area contributed by atoms with Crippen molar-refractivity contribution in [2.75, 3.05) is 33.3 Å². The van der Waals surface area contributed by atoms with Crippen molar-refractivity contribution >= 4 is 11.9 Å². The number of amides is 1. The molecule has 1 unspecified atom stereocenters. The van der Waals surface area contributed by atoms with Crippen LogP contribution in [0.2, 0.25) is 0 Å². The molecular formula is C19H28N2O4. The number of piperazine rings is 1. The quantitative estimate of drug-likeness (QED) is 0.825. The molecule has 1 aliphatic rings. The first kappa shape index (κ1) is 19.2. The van der Waals surface area contributed by atoms with E-state index in [-0.39, 0.29) is 5.91 Å². The molecule has 1 N–H and O–H groups in total. The van der Waals surface area contributed by atoms with E-state index in [9.17, 15) is 14.7 Å². The van der Waals surface area contributed by atoms with E-state index in [1.807, 2.05) is 24.3 Å². The summed E-state index contributed by atoms with van der Waals surface area (Å²) in [5, 5.41) is 9.44. The lowest BCUT2D eigenvalue weighted by Crippen LogP contribution is -2.53. The fraction of sp³-hybridized carbons (Fsp3) is 0.579. The second kappa shape index (κ2) is 7.87. The van der Waals surface area contributed by atoms with Crippen LogP contribution in [0.4, 0.5) is 0 Å². The highest BCUT2D eigenvalue weighted by Gasteiger charge is 2.40. The van der Waals surface area contributed by atoms with E-state index in [1.54, 1.807) is 32.8 Å². The van der Waals surface area contributed by atoms with Gasteiger partial charge in [-0.2, -0.15) is 0 Å². The van der Waals surface area contributed by atoms with Crippen molar-refractivity contribution < 1.29 is 19.4 Å². The minimum absolute atomic E-state index is 0.281. The van der Waals surface area contributed by atoms with Crippen LogP contribution in [0, 0.1) is 11.3 Å². The van der Waals surface area contributed by atoms with Crippen LogP contribution in [0.25, 0.3) is 0 Å². The number of carboxylic acids is 1. The SMILES string of the molecule is COc1ccccc1CN1CCN(C(=O)C(C(=O)O)C(C)(C)C)CC1. The second-order valence-corrected chi connectivity index (χ2v) is 7.55. The van der Waals surface area contributed by atoms with Crippen molar-refractivity contribution in [1.29, 1.82) is 0 Å². The maximum Gasteiger partial charge on any atom is 0.316 e. The Morgan fingerprint density at radius 3 is 2.28 bits per heavy atom. The molecule has 1 atom stereocenters. The van der Waals surface area contributed by atoms with Crippen LogP contribution in [0.3, 0.4) is 0 Å². The molecule has 1 fully saturated rings. The third-order valence-corrected chi connectivity index (χ3v) is 4.63. The molecule has 1 aromatic rings. The Labute approximate surface area is 149 Å². The number of nitrogens with zero attached hydrogens (tertiary/aromatic N) is 2. The second-order valence-electron chi connectivity index (χ2n) is 7.55. The molecule has 25 heavy (non-hydrogen) atoms. The Bertz CT molecular complexity index is 616. The van der Waals surface area contributed by atoms with Gasteiger partial charge in [-0.1, -0.05) is 39.0 Å². The molecule has 138 valence electrons. The number of aliphatic carboxylic acids is 1. The molecule has 2 rings (SSSR count). The Morgan fingerprint density at radius 1 is 1.16 bits per heavy atom. The van der Waals surface area contributed by atoms with Gasteiger partial charge in [0.05, 0.1) is 7.11 Å². The molecule has 6 heteroatoms. The Hall–Kier alpha value is -2.08. The summed E-state index contributed by atoms with van der Waals surface area (Å²) in [5.74, 6) is -1.47. The van der Waals surface area contributed by atoms with Crippen LogP contribution >= 0.6 is 0 Å². The molecule has 0 bridgehead atoms. The fourth-order valence-electron chi connectivity index (χ4n) is 3.23. The highest BCUT2D eigenvalue weighted by Crippen LogP contribution is 2.28. The van der Waals surface area contributed by atoms with Gasteiger partial charge in [-0.25, -0.2) is 0 Å². The number of carboxylic acid groups (broad SMARTS) is 1. The van der Waals surface area contributed by atoms with E-state index < -0.39 is 17.3 Å². The van der Waals surface area contributed by atoms with E-state index >= 15 is 0 Å². The van der Waals surface area contributed by atoms with Crippen LogP contribution in [0.1, 0.15) is 26.3 Å². The number of ether oxygens (including phenoxy) is 1. The number of rotatable bonds is 5. The maximum atomic E-state index is 12.7. The van der Waals surface area contributed by atoms with Gasteiger partial charge in [-0.05, 0) is 11.5 Å². The number of carbonyl (C=O) groups is 2. The summed E-state index contributed by atoms with van der Waals surface area (Å²) >= 11 is 0. The van der Waals surface area contributed by atoms with Crippen molar-refractivity contribution in [3.63, 3.8) is 0 Å². The molecule has 1 aliphatic heterocycles. The van der Waals surface area contributed by atoms with Crippen LogP contribution in [0.15, 0.2) is 24.3 Å². The van der Waals surface area contributed by atoms with E-state index in [4.69, 9.17) is 4.74 Å². The summed E-state index contributed by atoms with van der Waals surface area (Å²) in [6, 6.07) is 7.90. The normalized spacial score (nSPS) is 17.2. The van der Waals surface area contributed by atoms with Crippen molar-refractivity contribution in [3.8, 4) is 5.75 Å². The molecule has 0 aromatic heterocycles. The van der Waals surface area contributed by atoms with E-state index in [1.165, 1.54) is 0 Å². The minimum atomic E-state index is -1.05. The fourth-order valence-corrected chi connectivity index (χ4v) is 3.23. The van der Waals surface area contributed by atoms with Gasteiger partial charge in [-0.3, -0.25) is 14.5 Å². The molecule has 0 saturated carbocycles. The van der Waals surface area contributed by atoms with Crippen LogP contribution < -0.4 is 4.74 Å². The average Bonchev–Trinajstić information content (AvgIpc) is 2.54. The smallest absolute Gasteiger partial charge is 0.316 e. The first-order chi connectivity index (χ1) is 11.7. The lowest BCUT2D eigenvalue weighted by molar-refractivity contribution is -0.157. The Balaban J connectivity index is 1.97. The Morgan fingerprint density at radius 2 is 1.76 bits per heavy atom. The van der Waals surface area contributed by atoms with Crippen LogP contribution in [-0.2, 0) is 16.1 Å². The van der Waals surface area contributed by atoms with Crippen LogP contribution in [0.5, 0.6) is 5.75 Å². The van der Waals surface area contributed by atoms with E-state index in [2.05, 4.69) is 4.90 Å². The van der Waals surface area contributed by atoms with Gasteiger partial charge in [0.1, 0.15) is 11.7 Å². The predicted molar refractivity (Wildman–Crippen MR) is 95.4 cm³/mol. The summed E-state index contributed by atoms with van der Waals surface area (Å²) in [5.41, 5.74) is 0.514. The molecule has 1 aromatic carbocycles. The zero-order valence-corrected chi connectivity index (χ0v) is 15.5. The van der Waals surface area contributed by atoms with Gasteiger partial charge in [0, 0.05) is 38.3 Å². The Kier molecular flexibility index (Phi) is 6.06. The number of hydrogen-bond acceptors (Lipinski definition) is 4. The summed E-state index contributed by atoms with van der Waals surface area (Å²) in [4.78, 5) is 28.1. The molecule has 1 heterocycles. The predicted octanol–water partition coefficient (Wildman–Crippen LogP) is 2.09. The number of benzene rings is 1. The minimum Gasteiger partial charge on any atom is -0.496 e. The summed E-state index contributed by atoms with van der Waals surface area (Å²) in [7, 11) is 1.66. The van der Waals surface area contributed by atoms with E-state index in [0.29, 0.717) is 13.1 Å². The standard InChI is InChI=1S/C19H28N2O4/c1-19(2,3)16(18(23)24)17(22)21-11-9-20(10-12-21)13-14-7-5-6-8-15(14)25-4/h5-8,16H,9-13H2,1-4H3,(H,23,24). The molecular weight excluding hydrogens is 320 g/mol. The van der Waals surface area contributed by atoms with Gasteiger partial charge >= 0.3 is 5.97 Å². The molecule has 1 amide bonds. The molecule has 0 aliphatic carbocycles. The largest absolute Gasteiger partial charge is 0.496 e. The van der Waals surface area contributed by atoms with Crippen molar-refractivity contribution in [3.05, 3.63) is 29.8 Å². The maximum absolute atomic E-state index is 12.7. The summed E-state index contributed by atoms with van der Waals surface area (Å²) in [6.07, 6.45) is 0. The van der Waals surface area contributed by atoms with E-state index in [0.717, 1.165) is 30.9 Å². The highest BCUT2D eigenvalue weighted by molar-refractivity contribution is 5.97. The van der Waals surface area contributed by atoms with Gasteiger partial charge in [0.15, 0.2) is 0 Å². The number of methoxy groups -OCH3 is 1. The molecule has 0 spiro atoms. The van der Waals surface area contributed by atoms with Crippen molar-refractivity contribution in [2.24, 2.45) is 11.3 Å². The topological polar surface area (TPSA) is 70.1 Å². The van der Waals surface area contributed by atoms with Gasteiger partial charge in [0.25, 0.3) is 0 Å². The zero-order valence-electron chi connectivity index (χ0n) is 15.5. The third-order valence-electron chi connectivity index (χ3n) is 4.63. The zero-order chi connectivity index (χ0) is 18.6. The lowest BCUT2D eigenvalue weighted by Gasteiger charge is -2.38. The average molecular weight is 348 g/mol. The number of hydrogen-bond donors (Lipinski definition) is 1. The van der Waals surface area contributed by atoms with Crippen LogP contribution in [-0.4, -0.2) is 60.1 Å². The van der Waals surface area contributed by atoms with Crippen molar-refractivity contribution in [2.45, 2.75) is 27.3 Å². The molecule has 0 radical (unpaired) electrons.